The summed E-state index contributed by atoms with van der Waals surface area (Å²) in [5.41, 5.74) is 3.07. The van der Waals surface area contributed by atoms with Gasteiger partial charge in [-0.15, -0.1) is 0 Å². The number of benzene rings is 2. The van der Waals surface area contributed by atoms with Gasteiger partial charge in [-0.2, -0.15) is 0 Å². The Hall–Kier alpha value is -2.73. The highest BCUT2D eigenvalue weighted by Crippen LogP contribution is 2.15. The van der Waals surface area contributed by atoms with Gasteiger partial charge in [0.05, 0.1) is 18.5 Å². The number of hydrogen-bond donors (Lipinski definition) is 1. The van der Waals surface area contributed by atoms with Crippen LogP contribution in [0.3, 0.4) is 0 Å². The number of nitrogens with one attached hydrogen (secondary N) is 1. The first-order valence-corrected chi connectivity index (χ1v) is 10.5. The van der Waals surface area contributed by atoms with Crippen molar-refractivity contribution in [2.24, 2.45) is 0 Å². The van der Waals surface area contributed by atoms with Crippen LogP contribution in [0.15, 0.2) is 48.5 Å². The quantitative estimate of drug-likeness (QED) is 0.795. The van der Waals surface area contributed by atoms with Crippen molar-refractivity contribution >= 4 is 11.8 Å². The Morgan fingerprint density at radius 3 is 2.17 bits per heavy atom. The summed E-state index contributed by atoms with van der Waals surface area (Å²) in [5.74, 6) is -0.229. The molecule has 2 atom stereocenters. The van der Waals surface area contributed by atoms with Crippen molar-refractivity contribution in [3.63, 3.8) is 0 Å². The van der Waals surface area contributed by atoms with E-state index in [9.17, 15) is 14.0 Å². The van der Waals surface area contributed by atoms with E-state index in [0.29, 0.717) is 32.6 Å². The van der Waals surface area contributed by atoms with Gasteiger partial charge < -0.3 is 10.2 Å². The van der Waals surface area contributed by atoms with Gasteiger partial charge in [-0.05, 0) is 44.0 Å². The number of amides is 2. The fraction of sp³-hybridized carbons (Fsp3) is 0.417. The maximum absolute atomic E-state index is 13.1. The minimum Gasteiger partial charge on any atom is -0.348 e. The van der Waals surface area contributed by atoms with Gasteiger partial charge in [-0.1, -0.05) is 42.0 Å². The molecular formula is C24H30FN3O2. The highest BCUT2D eigenvalue weighted by atomic mass is 19.1. The second-order valence-corrected chi connectivity index (χ2v) is 8.04. The molecule has 5 nitrogen and oxygen atoms in total. The van der Waals surface area contributed by atoms with Gasteiger partial charge in [0.15, 0.2) is 0 Å². The summed E-state index contributed by atoms with van der Waals surface area (Å²) >= 11 is 0. The van der Waals surface area contributed by atoms with Gasteiger partial charge in [-0.3, -0.25) is 14.5 Å². The zero-order chi connectivity index (χ0) is 21.7. The Morgan fingerprint density at radius 2 is 1.57 bits per heavy atom. The topological polar surface area (TPSA) is 52.7 Å². The molecule has 160 valence electrons. The highest BCUT2D eigenvalue weighted by Gasteiger charge is 2.28. The number of aryl methyl sites for hydroxylation is 1. The third-order valence-corrected chi connectivity index (χ3v) is 5.80. The number of carbonyl (C=O) groups excluding carboxylic acids is 2. The van der Waals surface area contributed by atoms with E-state index in [1.807, 2.05) is 49.9 Å². The number of rotatable bonds is 6. The fourth-order valence-corrected chi connectivity index (χ4v) is 3.69. The lowest BCUT2D eigenvalue weighted by atomic mass is 10.1. The number of carbonyl (C=O) groups is 2. The van der Waals surface area contributed by atoms with Crippen LogP contribution in [0.5, 0.6) is 0 Å². The minimum atomic E-state index is -0.291. The first kappa shape index (κ1) is 22.0. The Labute approximate surface area is 177 Å². The molecule has 0 radical (unpaired) electrons. The molecule has 2 amide bonds. The van der Waals surface area contributed by atoms with Crippen molar-refractivity contribution in [1.82, 2.24) is 15.1 Å². The Kier molecular flexibility index (Phi) is 7.21. The molecule has 1 N–H and O–H groups in total. The molecule has 1 fully saturated rings. The van der Waals surface area contributed by atoms with Crippen molar-refractivity contribution in [3.8, 4) is 0 Å². The maximum Gasteiger partial charge on any atom is 0.237 e. The lowest BCUT2D eigenvalue weighted by molar-refractivity contribution is -0.133. The highest BCUT2D eigenvalue weighted by molar-refractivity contribution is 5.82. The number of hydrogen-bond acceptors (Lipinski definition) is 3. The van der Waals surface area contributed by atoms with E-state index in [2.05, 4.69) is 10.2 Å². The van der Waals surface area contributed by atoms with E-state index < -0.39 is 0 Å². The van der Waals surface area contributed by atoms with Gasteiger partial charge in [0.1, 0.15) is 5.82 Å². The smallest absolute Gasteiger partial charge is 0.237 e. The molecule has 0 saturated carbocycles. The molecule has 1 aliphatic rings. The Balaban J connectivity index is 1.47. The largest absolute Gasteiger partial charge is 0.348 e. The molecule has 1 heterocycles. The molecule has 1 aliphatic heterocycles. The molecule has 2 aromatic carbocycles. The Bertz CT molecular complexity index is 859. The molecule has 2 unspecified atom stereocenters. The molecule has 6 heteroatoms. The SMILES string of the molecule is Cc1ccc(CC(=O)N2CCN(C(C)C(=O)NC(C)c3ccc(F)cc3)CC2)cc1. The van der Waals surface area contributed by atoms with Crippen LogP contribution < -0.4 is 5.32 Å². The summed E-state index contributed by atoms with van der Waals surface area (Å²) < 4.78 is 13.1. The predicted octanol–water partition coefficient (Wildman–Crippen LogP) is 3.09. The molecule has 0 aromatic heterocycles. The molecule has 30 heavy (non-hydrogen) atoms. The monoisotopic (exact) mass is 411 g/mol. The second kappa shape index (κ2) is 9.85. The molecule has 0 aliphatic carbocycles. The van der Waals surface area contributed by atoms with Crippen molar-refractivity contribution in [2.45, 2.75) is 39.3 Å². The van der Waals surface area contributed by atoms with Gasteiger partial charge in [-0.25, -0.2) is 4.39 Å². The van der Waals surface area contributed by atoms with Gasteiger partial charge in [0, 0.05) is 26.2 Å². The van der Waals surface area contributed by atoms with Gasteiger partial charge in [0.25, 0.3) is 0 Å². The van der Waals surface area contributed by atoms with Gasteiger partial charge >= 0.3 is 0 Å². The molecule has 2 aromatic rings. The van der Waals surface area contributed by atoms with Crippen LogP contribution in [-0.2, 0) is 16.0 Å². The van der Waals surface area contributed by atoms with E-state index in [1.165, 1.54) is 17.7 Å². The average molecular weight is 412 g/mol. The van der Waals surface area contributed by atoms with Crippen LogP contribution >= 0.6 is 0 Å². The number of halogens is 1. The summed E-state index contributed by atoms with van der Waals surface area (Å²) in [6.07, 6.45) is 0.408. The van der Waals surface area contributed by atoms with Crippen molar-refractivity contribution < 1.29 is 14.0 Å². The van der Waals surface area contributed by atoms with Crippen molar-refractivity contribution in [1.29, 1.82) is 0 Å². The zero-order valence-electron chi connectivity index (χ0n) is 17.9. The van der Waals surface area contributed by atoms with Crippen LogP contribution in [0.2, 0.25) is 0 Å². The van der Waals surface area contributed by atoms with E-state index in [1.54, 1.807) is 12.1 Å². The zero-order valence-corrected chi connectivity index (χ0v) is 17.9. The fourth-order valence-electron chi connectivity index (χ4n) is 3.69. The minimum absolute atomic E-state index is 0.0637. The lowest BCUT2D eigenvalue weighted by Crippen LogP contribution is -2.55. The van der Waals surface area contributed by atoms with Crippen LogP contribution in [0, 0.1) is 12.7 Å². The number of nitrogens with zero attached hydrogens (tertiary/aromatic N) is 2. The van der Waals surface area contributed by atoms with Crippen LogP contribution in [0.1, 0.15) is 36.6 Å². The number of piperazine rings is 1. The summed E-state index contributed by atoms with van der Waals surface area (Å²) in [4.78, 5) is 29.2. The summed E-state index contributed by atoms with van der Waals surface area (Å²) in [6.45, 7) is 8.38. The normalized spacial score (nSPS) is 16.7. The maximum atomic E-state index is 13.1. The summed E-state index contributed by atoms with van der Waals surface area (Å²) in [6, 6.07) is 13.7. The second-order valence-electron chi connectivity index (χ2n) is 8.04. The molecule has 0 bridgehead atoms. The van der Waals surface area contributed by atoms with E-state index in [4.69, 9.17) is 0 Å². The van der Waals surface area contributed by atoms with Crippen molar-refractivity contribution in [3.05, 3.63) is 71.0 Å². The van der Waals surface area contributed by atoms with Gasteiger partial charge in [0.2, 0.25) is 11.8 Å². The molecule has 0 spiro atoms. The van der Waals surface area contributed by atoms with Crippen LogP contribution in [0.4, 0.5) is 4.39 Å². The van der Waals surface area contributed by atoms with E-state index in [-0.39, 0.29) is 29.7 Å². The van der Waals surface area contributed by atoms with Crippen LogP contribution in [0.25, 0.3) is 0 Å². The molecular weight excluding hydrogens is 381 g/mol. The molecule has 1 saturated heterocycles. The summed E-state index contributed by atoms with van der Waals surface area (Å²) in [5, 5.41) is 3.00. The van der Waals surface area contributed by atoms with E-state index in [0.717, 1.165) is 11.1 Å². The Morgan fingerprint density at radius 1 is 0.967 bits per heavy atom. The summed E-state index contributed by atoms with van der Waals surface area (Å²) in [7, 11) is 0. The third kappa shape index (κ3) is 5.66. The van der Waals surface area contributed by atoms with Crippen LogP contribution in [-0.4, -0.2) is 53.8 Å². The first-order chi connectivity index (χ1) is 14.3. The molecule has 3 rings (SSSR count). The predicted molar refractivity (Wildman–Crippen MR) is 115 cm³/mol. The third-order valence-electron chi connectivity index (χ3n) is 5.80. The lowest BCUT2D eigenvalue weighted by Gasteiger charge is -2.37. The average Bonchev–Trinajstić information content (AvgIpc) is 2.75. The van der Waals surface area contributed by atoms with E-state index >= 15 is 0 Å². The standard InChI is InChI=1S/C24H30FN3O2/c1-17-4-6-20(7-5-17)16-23(29)28-14-12-27(13-15-28)19(3)24(30)26-18(2)21-8-10-22(25)11-9-21/h4-11,18-19H,12-16H2,1-3H3,(H,26,30). The van der Waals surface area contributed by atoms with Crippen molar-refractivity contribution in [2.75, 3.05) is 26.2 Å². The first-order valence-electron chi connectivity index (χ1n) is 10.5.